The molecule has 2 saturated heterocycles. The molecule has 2 fully saturated rings. The Morgan fingerprint density at radius 3 is 2.65 bits per heavy atom. The molecule has 0 amide bonds. The fourth-order valence-electron chi connectivity index (χ4n) is 3.23. The Bertz CT molecular complexity index is 392. The van der Waals surface area contributed by atoms with Crippen molar-refractivity contribution in [2.45, 2.75) is 50.7 Å². The Labute approximate surface area is 102 Å². The van der Waals surface area contributed by atoms with E-state index in [1.54, 1.807) is 0 Å². The lowest BCUT2D eigenvalue weighted by Gasteiger charge is -2.36. The normalized spacial score (nSPS) is 32.7. The van der Waals surface area contributed by atoms with E-state index in [2.05, 4.69) is 27.2 Å². The van der Waals surface area contributed by atoms with Gasteiger partial charge in [0.25, 0.3) is 0 Å². The zero-order valence-electron chi connectivity index (χ0n) is 10.6. The van der Waals surface area contributed by atoms with Crippen LogP contribution in [0.1, 0.15) is 31.4 Å². The van der Waals surface area contributed by atoms with E-state index in [0.717, 1.165) is 23.7 Å². The molecule has 2 atom stereocenters. The molecule has 17 heavy (non-hydrogen) atoms. The van der Waals surface area contributed by atoms with Crippen molar-refractivity contribution in [1.82, 2.24) is 14.9 Å². The lowest BCUT2D eigenvalue weighted by molar-refractivity contribution is 0.168. The minimum atomic E-state index is 0.547. The molecular weight excluding hydrogens is 212 g/mol. The number of aromatic nitrogens is 2. The molecule has 3 heterocycles. The van der Waals surface area contributed by atoms with E-state index >= 15 is 0 Å². The number of rotatable bonds is 2. The van der Waals surface area contributed by atoms with Gasteiger partial charge in [0.1, 0.15) is 0 Å². The summed E-state index contributed by atoms with van der Waals surface area (Å²) in [6.07, 6.45) is 6.99. The number of hydrogen-bond donors (Lipinski definition) is 1. The van der Waals surface area contributed by atoms with Crippen molar-refractivity contribution in [1.29, 1.82) is 0 Å². The van der Waals surface area contributed by atoms with Crippen LogP contribution >= 0.6 is 0 Å². The SMILES string of the molecule is Cc1ccnc(NC2CC3CCC(C2)N3C)n1. The van der Waals surface area contributed by atoms with Gasteiger partial charge in [0.15, 0.2) is 0 Å². The minimum absolute atomic E-state index is 0.547. The summed E-state index contributed by atoms with van der Waals surface area (Å²) in [7, 11) is 2.27. The summed E-state index contributed by atoms with van der Waals surface area (Å²) < 4.78 is 0. The van der Waals surface area contributed by atoms with Gasteiger partial charge in [0.2, 0.25) is 5.95 Å². The van der Waals surface area contributed by atoms with Crippen molar-refractivity contribution >= 4 is 5.95 Å². The first-order valence-corrected chi connectivity index (χ1v) is 6.50. The fourth-order valence-corrected chi connectivity index (χ4v) is 3.23. The Balaban J connectivity index is 1.67. The Morgan fingerprint density at radius 1 is 1.29 bits per heavy atom. The molecule has 92 valence electrons. The van der Waals surface area contributed by atoms with Gasteiger partial charge in [-0.05, 0) is 45.7 Å². The first-order valence-electron chi connectivity index (χ1n) is 6.50. The molecule has 2 unspecified atom stereocenters. The van der Waals surface area contributed by atoms with E-state index in [1.165, 1.54) is 25.7 Å². The van der Waals surface area contributed by atoms with Gasteiger partial charge >= 0.3 is 0 Å². The molecule has 2 aliphatic rings. The van der Waals surface area contributed by atoms with Gasteiger partial charge in [0, 0.05) is 30.0 Å². The maximum absolute atomic E-state index is 4.42. The van der Waals surface area contributed by atoms with Crippen LogP contribution in [0.3, 0.4) is 0 Å². The number of aryl methyl sites for hydroxylation is 1. The molecule has 1 aromatic heterocycles. The van der Waals surface area contributed by atoms with E-state index < -0.39 is 0 Å². The first kappa shape index (κ1) is 11.0. The second kappa shape index (κ2) is 4.26. The number of fused-ring (bicyclic) bond motifs is 2. The summed E-state index contributed by atoms with van der Waals surface area (Å²) in [5, 5.41) is 3.49. The molecular formula is C13H20N4. The van der Waals surface area contributed by atoms with Crippen LogP contribution in [0.15, 0.2) is 12.3 Å². The van der Waals surface area contributed by atoms with Crippen LogP contribution in [0.4, 0.5) is 5.95 Å². The van der Waals surface area contributed by atoms with Gasteiger partial charge in [-0.1, -0.05) is 0 Å². The predicted octanol–water partition coefficient (Wildman–Crippen LogP) is 1.82. The predicted molar refractivity (Wildman–Crippen MR) is 68.0 cm³/mol. The van der Waals surface area contributed by atoms with Gasteiger partial charge in [-0.25, -0.2) is 9.97 Å². The molecule has 2 aliphatic heterocycles. The molecule has 0 aromatic carbocycles. The van der Waals surface area contributed by atoms with Crippen molar-refractivity contribution in [2.24, 2.45) is 0 Å². The third kappa shape index (κ3) is 2.14. The highest BCUT2D eigenvalue weighted by atomic mass is 15.2. The van der Waals surface area contributed by atoms with Crippen LogP contribution in [0.5, 0.6) is 0 Å². The zero-order chi connectivity index (χ0) is 11.8. The summed E-state index contributed by atoms with van der Waals surface area (Å²) in [4.78, 5) is 11.3. The molecule has 1 aromatic rings. The van der Waals surface area contributed by atoms with Gasteiger partial charge in [-0.3, -0.25) is 0 Å². The third-order valence-corrected chi connectivity index (χ3v) is 4.23. The highest BCUT2D eigenvalue weighted by molar-refractivity contribution is 5.27. The van der Waals surface area contributed by atoms with E-state index in [-0.39, 0.29) is 0 Å². The van der Waals surface area contributed by atoms with Crippen LogP contribution in [-0.4, -0.2) is 40.0 Å². The van der Waals surface area contributed by atoms with Crippen LogP contribution in [0.25, 0.3) is 0 Å². The lowest BCUT2D eigenvalue weighted by atomic mass is 9.98. The molecule has 0 radical (unpaired) electrons. The van der Waals surface area contributed by atoms with Crippen molar-refractivity contribution in [3.05, 3.63) is 18.0 Å². The van der Waals surface area contributed by atoms with Gasteiger partial charge in [-0.15, -0.1) is 0 Å². The molecule has 0 aliphatic carbocycles. The van der Waals surface area contributed by atoms with Gasteiger partial charge < -0.3 is 10.2 Å². The van der Waals surface area contributed by atoms with E-state index in [0.29, 0.717) is 6.04 Å². The molecule has 0 saturated carbocycles. The Kier molecular flexibility index (Phi) is 2.74. The monoisotopic (exact) mass is 232 g/mol. The Morgan fingerprint density at radius 2 is 2.00 bits per heavy atom. The standard InChI is InChI=1S/C13H20N4/c1-9-5-6-14-13(15-9)16-10-7-11-3-4-12(8-10)17(11)2/h5-6,10-12H,3-4,7-8H2,1-2H3,(H,14,15,16). The summed E-state index contributed by atoms with van der Waals surface area (Å²) in [6, 6.07) is 4.00. The minimum Gasteiger partial charge on any atom is -0.351 e. The van der Waals surface area contributed by atoms with Crippen molar-refractivity contribution in [2.75, 3.05) is 12.4 Å². The molecule has 3 rings (SSSR count). The van der Waals surface area contributed by atoms with Crippen LogP contribution in [-0.2, 0) is 0 Å². The average molecular weight is 232 g/mol. The van der Waals surface area contributed by atoms with Crippen molar-refractivity contribution in [3.8, 4) is 0 Å². The highest BCUT2D eigenvalue weighted by Gasteiger charge is 2.38. The van der Waals surface area contributed by atoms with Crippen LogP contribution in [0.2, 0.25) is 0 Å². The largest absolute Gasteiger partial charge is 0.351 e. The summed E-state index contributed by atoms with van der Waals surface area (Å²) >= 11 is 0. The number of nitrogens with zero attached hydrogens (tertiary/aromatic N) is 3. The first-order chi connectivity index (χ1) is 8.22. The zero-order valence-corrected chi connectivity index (χ0v) is 10.6. The smallest absolute Gasteiger partial charge is 0.223 e. The molecule has 2 bridgehead atoms. The summed E-state index contributed by atoms with van der Waals surface area (Å²) in [6.45, 7) is 2.01. The maximum atomic E-state index is 4.42. The average Bonchev–Trinajstić information content (AvgIpc) is 2.52. The quantitative estimate of drug-likeness (QED) is 0.844. The number of anilines is 1. The number of hydrogen-bond acceptors (Lipinski definition) is 4. The summed E-state index contributed by atoms with van der Waals surface area (Å²) in [5.41, 5.74) is 1.03. The Hall–Kier alpha value is -1.16. The summed E-state index contributed by atoms with van der Waals surface area (Å²) in [5.74, 6) is 0.791. The molecule has 0 spiro atoms. The van der Waals surface area contributed by atoms with Crippen LogP contribution < -0.4 is 5.32 Å². The van der Waals surface area contributed by atoms with E-state index in [4.69, 9.17) is 0 Å². The topological polar surface area (TPSA) is 41.1 Å². The van der Waals surface area contributed by atoms with E-state index in [9.17, 15) is 0 Å². The number of nitrogens with one attached hydrogen (secondary N) is 1. The third-order valence-electron chi connectivity index (χ3n) is 4.23. The van der Waals surface area contributed by atoms with Crippen LogP contribution in [0, 0.1) is 6.92 Å². The van der Waals surface area contributed by atoms with Gasteiger partial charge in [-0.2, -0.15) is 0 Å². The molecule has 4 nitrogen and oxygen atoms in total. The maximum Gasteiger partial charge on any atom is 0.223 e. The second-order valence-corrected chi connectivity index (χ2v) is 5.38. The molecule has 1 N–H and O–H groups in total. The van der Waals surface area contributed by atoms with Crippen molar-refractivity contribution < 1.29 is 0 Å². The van der Waals surface area contributed by atoms with E-state index in [1.807, 2.05) is 19.2 Å². The lowest BCUT2D eigenvalue weighted by Crippen LogP contribution is -2.44. The van der Waals surface area contributed by atoms with Crippen molar-refractivity contribution in [3.63, 3.8) is 0 Å². The fraction of sp³-hybridized carbons (Fsp3) is 0.692. The number of piperidine rings is 1. The highest BCUT2D eigenvalue weighted by Crippen LogP contribution is 2.34. The second-order valence-electron chi connectivity index (χ2n) is 5.38. The molecule has 4 heteroatoms. The van der Waals surface area contributed by atoms with Gasteiger partial charge in [0.05, 0.1) is 0 Å².